The van der Waals surface area contributed by atoms with Crippen LogP contribution in [0.25, 0.3) is 6.08 Å². The topological polar surface area (TPSA) is 113 Å². The summed E-state index contributed by atoms with van der Waals surface area (Å²) in [6, 6.07) is 7.07. The zero-order chi connectivity index (χ0) is 18.8. The van der Waals surface area contributed by atoms with E-state index in [9.17, 15) is 24.8 Å². The van der Waals surface area contributed by atoms with Crippen molar-refractivity contribution >= 4 is 63.2 Å². The fraction of sp³-hybridized carbons (Fsp3) is 0. The van der Waals surface area contributed by atoms with Gasteiger partial charge in [0.15, 0.2) is 10.1 Å². The van der Waals surface area contributed by atoms with Crippen LogP contribution in [0.2, 0.25) is 0 Å². The summed E-state index contributed by atoms with van der Waals surface area (Å²) in [4.78, 5) is 35.3. The van der Waals surface area contributed by atoms with Gasteiger partial charge >= 0.3 is 5.69 Å². The Balaban J connectivity index is 1.82. The Morgan fingerprint density at radius 2 is 2.15 bits per heavy atom. The minimum absolute atomic E-state index is 0.138. The van der Waals surface area contributed by atoms with Gasteiger partial charge in [0.05, 0.1) is 14.7 Å². The molecule has 1 aliphatic heterocycles. The average molecular weight is 407 g/mol. The molecule has 1 aliphatic rings. The Labute approximate surface area is 160 Å². The first kappa shape index (κ1) is 18.0. The van der Waals surface area contributed by atoms with Crippen LogP contribution in [-0.2, 0) is 4.79 Å². The molecule has 0 aliphatic carbocycles. The number of nitro groups is 1. The van der Waals surface area contributed by atoms with E-state index >= 15 is 0 Å². The molecule has 1 saturated heterocycles. The third-order valence-electron chi connectivity index (χ3n) is 3.25. The second kappa shape index (κ2) is 7.23. The van der Waals surface area contributed by atoms with Gasteiger partial charge in [-0.3, -0.25) is 25.1 Å². The van der Waals surface area contributed by atoms with E-state index in [4.69, 9.17) is 12.2 Å². The van der Waals surface area contributed by atoms with Gasteiger partial charge < -0.3 is 5.11 Å². The lowest BCUT2D eigenvalue weighted by Gasteiger charge is -2.14. The zero-order valence-corrected chi connectivity index (χ0v) is 15.2. The van der Waals surface area contributed by atoms with E-state index in [1.165, 1.54) is 29.5 Å². The first-order valence-corrected chi connectivity index (χ1v) is 9.07. The van der Waals surface area contributed by atoms with Crippen LogP contribution in [0.15, 0.2) is 40.6 Å². The highest BCUT2D eigenvalue weighted by atomic mass is 32.2. The molecule has 1 fully saturated rings. The maximum absolute atomic E-state index is 12.5. The maximum atomic E-state index is 12.5. The largest absolute Gasteiger partial charge is 0.502 e. The minimum Gasteiger partial charge on any atom is -0.502 e. The van der Waals surface area contributed by atoms with Crippen molar-refractivity contribution < 1.29 is 19.6 Å². The van der Waals surface area contributed by atoms with Crippen LogP contribution in [-0.4, -0.2) is 31.2 Å². The lowest BCUT2D eigenvalue weighted by molar-refractivity contribution is -0.385. The lowest BCUT2D eigenvalue weighted by Crippen LogP contribution is -2.44. The van der Waals surface area contributed by atoms with Crippen LogP contribution >= 0.6 is 35.3 Å². The highest BCUT2D eigenvalue weighted by Gasteiger charge is 2.34. The SMILES string of the molecule is O=C(NN1C(=O)/C(=C\c2ccc(O)c([N+](=O)[O-])c2)SC1=S)c1cccs1. The molecule has 0 bridgehead atoms. The number of hydrogen-bond acceptors (Lipinski definition) is 8. The average Bonchev–Trinajstić information content (AvgIpc) is 3.21. The Bertz CT molecular complexity index is 955. The number of thioether (sulfide) groups is 1. The van der Waals surface area contributed by atoms with Crippen molar-refractivity contribution in [1.82, 2.24) is 10.4 Å². The maximum Gasteiger partial charge on any atom is 0.311 e. The molecule has 1 aromatic carbocycles. The number of carbonyl (C=O) groups excluding carboxylic acids is 2. The molecule has 3 rings (SSSR count). The smallest absolute Gasteiger partial charge is 0.311 e. The van der Waals surface area contributed by atoms with Crippen molar-refractivity contribution in [2.75, 3.05) is 0 Å². The highest BCUT2D eigenvalue weighted by molar-refractivity contribution is 8.26. The summed E-state index contributed by atoms with van der Waals surface area (Å²) >= 11 is 7.30. The first-order chi connectivity index (χ1) is 12.4. The number of amides is 2. The van der Waals surface area contributed by atoms with E-state index in [1.54, 1.807) is 17.5 Å². The second-order valence-corrected chi connectivity index (χ2v) is 7.56. The summed E-state index contributed by atoms with van der Waals surface area (Å²) in [7, 11) is 0. The summed E-state index contributed by atoms with van der Waals surface area (Å²) < 4.78 is 0.138. The summed E-state index contributed by atoms with van der Waals surface area (Å²) in [5.74, 6) is -1.47. The molecule has 0 radical (unpaired) electrons. The number of carbonyl (C=O) groups is 2. The van der Waals surface area contributed by atoms with Gasteiger partial charge in [0.25, 0.3) is 11.8 Å². The lowest BCUT2D eigenvalue weighted by atomic mass is 10.1. The Hall–Kier alpha value is -2.76. The molecule has 11 heteroatoms. The number of phenols is 1. The minimum atomic E-state index is -0.723. The predicted molar refractivity (Wildman–Crippen MR) is 102 cm³/mol. The molecule has 2 amide bonds. The number of benzene rings is 1. The molecular weight excluding hydrogens is 398 g/mol. The fourth-order valence-corrected chi connectivity index (χ4v) is 3.85. The van der Waals surface area contributed by atoms with E-state index in [2.05, 4.69) is 5.43 Å². The van der Waals surface area contributed by atoms with Gasteiger partial charge in [-0.15, -0.1) is 11.3 Å². The van der Waals surface area contributed by atoms with Crippen LogP contribution in [0.5, 0.6) is 5.75 Å². The van der Waals surface area contributed by atoms with Crippen molar-refractivity contribution in [3.8, 4) is 5.75 Å². The molecule has 26 heavy (non-hydrogen) atoms. The van der Waals surface area contributed by atoms with Crippen LogP contribution in [0.4, 0.5) is 5.69 Å². The Morgan fingerprint density at radius 3 is 2.81 bits per heavy atom. The van der Waals surface area contributed by atoms with Crippen LogP contribution < -0.4 is 5.43 Å². The fourth-order valence-electron chi connectivity index (χ4n) is 2.06. The molecule has 2 heterocycles. The van der Waals surface area contributed by atoms with Crippen LogP contribution in [0, 0.1) is 10.1 Å². The summed E-state index contributed by atoms with van der Waals surface area (Å²) in [6.07, 6.45) is 1.41. The second-order valence-electron chi connectivity index (χ2n) is 4.94. The van der Waals surface area contributed by atoms with Crippen molar-refractivity contribution in [3.05, 3.63) is 61.2 Å². The molecule has 1 aromatic heterocycles. The van der Waals surface area contributed by atoms with Gasteiger partial charge in [0, 0.05) is 6.07 Å². The molecule has 8 nitrogen and oxygen atoms in total. The molecule has 0 atom stereocenters. The van der Waals surface area contributed by atoms with Gasteiger partial charge in [-0.25, -0.2) is 0 Å². The molecule has 0 unspecified atom stereocenters. The van der Waals surface area contributed by atoms with E-state index in [-0.39, 0.29) is 9.23 Å². The summed E-state index contributed by atoms with van der Waals surface area (Å²) in [5.41, 5.74) is 2.31. The Morgan fingerprint density at radius 1 is 1.38 bits per heavy atom. The zero-order valence-electron chi connectivity index (χ0n) is 12.7. The van der Waals surface area contributed by atoms with Gasteiger partial charge in [-0.1, -0.05) is 23.9 Å². The molecule has 2 N–H and O–H groups in total. The predicted octanol–water partition coefficient (Wildman–Crippen LogP) is 2.91. The molecule has 0 saturated carbocycles. The van der Waals surface area contributed by atoms with E-state index < -0.39 is 28.2 Å². The monoisotopic (exact) mass is 407 g/mol. The number of thiocarbonyl (C=S) groups is 1. The first-order valence-electron chi connectivity index (χ1n) is 6.96. The number of rotatable bonds is 4. The quantitative estimate of drug-likeness (QED) is 0.347. The van der Waals surface area contributed by atoms with E-state index in [0.717, 1.165) is 22.8 Å². The standard InChI is InChI=1S/C15H9N3O5S3/c19-10-4-3-8(6-9(10)18(22)23)7-12-14(21)17(15(24)26-12)16-13(20)11-2-1-5-25-11/h1-7,19H,(H,16,20)/b12-7+. The number of thiophene rings is 1. The van der Waals surface area contributed by atoms with Crippen molar-refractivity contribution in [1.29, 1.82) is 0 Å². The van der Waals surface area contributed by atoms with Crippen molar-refractivity contribution in [2.45, 2.75) is 0 Å². The normalized spacial score (nSPS) is 15.5. The third-order valence-corrected chi connectivity index (χ3v) is 5.42. The number of hydrazine groups is 1. The number of nitrogens with zero attached hydrogens (tertiary/aromatic N) is 2. The van der Waals surface area contributed by atoms with Gasteiger partial charge in [-0.2, -0.15) is 5.01 Å². The molecule has 132 valence electrons. The van der Waals surface area contributed by atoms with Crippen LogP contribution in [0.3, 0.4) is 0 Å². The summed E-state index contributed by atoms with van der Waals surface area (Å²) in [6.45, 7) is 0. The van der Waals surface area contributed by atoms with Crippen LogP contribution in [0.1, 0.15) is 15.2 Å². The highest BCUT2D eigenvalue weighted by Crippen LogP contribution is 2.33. The molecular formula is C15H9N3O5S3. The summed E-state index contributed by atoms with van der Waals surface area (Å²) in [5, 5.41) is 23.1. The molecule has 0 spiro atoms. The Kier molecular flexibility index (Phi) is 5.02. The third kappa shape index (κ3) is 3.59. The molecule has 2 aromatic rings. The van der Waals surface area contributed by atoms with Gasteiger partial charge in [-0.05, 0) is 41.4 Å². The van der Waals surface area contributed by atoms with Gasteiger partial charge in [0.1, 0.15) is 0 Å². The number of hydrogen-bond donors (Lipinski definition) is 2. The van der Waals surface area contributed by atoms with E-state index in [1.807, 2.05) is 0 Å². The van der Waals surface area contributed by atoms with Crippen molar-refractivity contribution in [3.63, 3.8) is 0 Å². The number of nitro benzene ring substituents is 1. The number of aromatic hydroxyl groups is 1. The van der Waals surface area contributed by atoms with E-state index in [0.29, 0.717) is 10.4 Å². The number of nitrogens with one attached hydrogen (secondary N) is 1. The van der Waals surface area contributed by atoms with Crippen molar-refractivity contribution in [2.24, 2.45) is 0 Å². The number of phenolic OH excluding ortho intramolecular Hbond substituents is 1. The van der Waals surface area contributed by atoms with Gasteiger partial charge in [0.2, 0.25) is 0 Å².